The zero-order valence-corrected chi connectivity index (χ0v) is 18.6. The predicted molar refractivity (Wildman–Crippen MR) is 124 cm³/mol. The number of thioether (sulfide) groups is 1. The van der Waals surface area contributed by atoms with Gasteiger partial charge in [-0.2, -0.15) is 11.8 Å². The third-order valence-electron chi connectivity index (χ3n) is 4.69. The van der Waals surface area contributed by atoms with E-state index >= 15 is 0 Å². The number of halogens is 1. The van der Waals surface area contributed by atoms with Crippen LogP contribution in [0, 0.1) is 0 Å². The van der Waals surface area contributed by atoms with E-state index in [1.165, 1.54) is 0 Å². The molecule has 8 heteroatoms. The Labute approximate surface area is 185 Å². The fourth-order valence-corrected chi connectivity index (χ4v) is 3.90. The minimum Gasteiger partial charge on any atom is -0.340 e. The molecule has 0 saturated heterocycles. The average Bonchev–Trinajstić information content (AvgIpc) is 3.08. The summed E-state index contributed by atoms with van der Waals surface area (Å²) in [5.74, 6) is 0.553. The van der Waals surface area contributed by atoms with Crippen LogP contribution in [0.4, 0.5) is 5.95 Å². The number of nitrogens with zero attached hydrogens (tertiary/aromatic N) is 2. The molecule has 1 atom stereocenters. The molecular formula is C22H25ClN4O2S. The molecule has 0 unspecified atom stereocenters. The van der Waals surface area contributed by atoms with Gasteiger partial charge in [-0.1, -0.05) is 42.8 Å². The van der Waals surface area contributed by atoms with Gasteiger partial charge >= 0.3 is 0 Å². The molecule has 3 rings (SSSR count). The van der Waals surface area contributed by atoms with Crippen LogP contribution in [0.3, 0.4) is 0 Å². The average molecular weight is 445 g/mol. The number of nitrogens with one attached hydrogen (secondary N) is 2. The van der Waals surface area contributed by atoms with Crippen molar-refractivity contribution in [3.63, 3.8) is 0 Å². The van der Waals surface area contributed by atoms with Gasteiger partial charge in [0.05, 0.1) is 21.6 Å². The van der Waals surface area contributed by atoms with Crippen molar-refractivity contribution in [3.8, 4) is 0 Å². The Morgan fingerprint density at radius 3 is 2.63 bits per heavy atom. The van der Waals surface area contributed by atoms with Crippen molar-refractivity contribution in [3.05, 3.63) is 59.1 Å². The number of aryl methyl sites for hydroxylation is 1. The summed E-state index contributed by atoms with van der Waals surface area (Å²) in [6.07, 6.45) is 3.37. The van der Waals surface area contributed by atoms with Crippen LogP contribution in [0.1, 0.15) is 30.1 Å². The van der Waals surface area contributed by atoms with Crippen molar-refractivity contribution in [2.45, 2.75) is 32.4 Å². The van der Waals surface area contributed by atoms with Gasteiger partial charge in [-0.05, 0) is 49.1 Å². The number of anilines is 1. The largest absolute Gasteiger partial charge is 0.340 e. The first kappa shape index (κ1) is 22.2. The van der Waals surface area contributed by atoms with E-state index in [-0.39, 0.29) is 11.8 Å². The molecule has 2 N–H and O–H groups in total. The van der Waals surface area contributed by atoms with E-state index in [0.717, 1.165) is 29.8 Å². The standard InChI is InChI=1S/C22H25ClN4O2S/c1-3-13-27-19-11-7-6-10-17(19)25-22(27)26-21(29)18(12-14-30-2)24-20(28)15-8-4-5-9-16(15)23/h4-11,18H,3,12-14H2,1-2H3,(H,24,28)(H,25,26,29)/t18-/m0/s1. The first-order chi connectivity index (χ1) is 14.5. The molecule has 3 aromatic rings. The molecular weight excluding hydrogens is 420 g/mol. The normalized spacial score (nSPS) is 12.0. The second kappa shape index (κ2) is 10.5. The third-order valence-corrected chi connectivity index (χ3v) is 5.66. The van der Waals surface area contributed by atoms with Crippen molar-refractivity contribution in [2.24, 2.45) is 0 Å². The lowest BCUT2D eigenvalue weighted by Crippen LogP contribution is -2.44. The van der Waals surface area contributed by atoms with Crippen molar-refractivity contribution >= 4 is 52.2 Å². The Hall–Kier alpha value is -2.51. The molecule has 0 aliphatic heterocycles. The van der Waals surface area contributed by atoms with Gasteiger partial charge in [0.25, 0.3) is 5.91 Å². The molecule has 6 nitrogen and oxygen atoms in total. The summed E-state index contributed by atoms with van der Waals surface area (Å²) < 4.78 is 1.99. The lowest BCUT2D eigenvalue weighted by molar-refractivity contribution is -0.118. The molecule has 30 heavy (non-hydrogen) atoms. The van der Waals surface area contributed by atoms with Crippen molar-refractivity contribution < 1.29 is 9.59 Å². The molecule has 158 valence electrons. The zero-order chi connectivity index (χ0) is 21.5. The molecule has 0 fully saturated rings. The summed E-state index contributed by atoms with van der Waals surface area (Å²) in [7, 11) is 0. The van der Waals surface area contributed by atoms with Crippen LogP contribution in [0.5, 0.6) is 0 Å². The minimum atomic E-state index is -0.698. The highest BCUT2D eigenvalue weighted by Gasteiger charge is 2.24. The summed E-state index contributed by atoms with van der Waals surface area (Å²) in [6.45, 7) is 2.81. The Morgan fingerprint density at radius 1 is 1.17 bits per heavy atom. The van der Waals surface area contributed by atoms with Crippen LogP contribution in [0.15, 0.2) is 48.5 Å². The number of para-hydroxylation sites is 2. The number of aromatic nitrogens is 2. The molecule has 1 heterocycles. The van der Waals surface area contributed by atoms with Crippen molar-refractivity contribution in [1.29, 1.82) is 0 Å². The number of amides is 2. The summed E-state index contributed by atoms with van der Waals surface area (Å²) in [5.41, 5.74) is 2.14. The predicted octanol–water partition coefficient (Wildman–Crippen LogP) is 4.59. The van der Waals surface area contributed by atoms with E-state index in [9.17, 15) is 9.59 Å². The van der Waals surface area contributed by atoms with E-state index < -0.39 is 6.04 Å². The van der Waals surface area contributed by atoms with Crippen LogP contribution in [-0.4, -0.2) is 39.4 Å². The van der Waals surface area contributed by atoms with Gasteiger partial charge in [0.1, 0.15) is 6.04 Å². The molecule has 0 aliphatic carbocycles. The Bertz CT molecular complexity index is 1040. The van der Waals surface area contributed by atoms with E-state index in [2.05, 4.69) is 22.5 Å². The number of imidazole rings is 1. The maximum absolute atomic E-state index is 13.1. The van der Waals surface area contributed by atoms with Gasteiger partial charge < -0.3 is 9.88 Å². The SMILES string of the molecule is CCCn1c(NC(=O)[C@H](CCSC)NC(=O)c2ccccc2Cl)nc2ccccc21. The van der Waals surface area contributed by atoms with Gasteiger partial charge in [-0.15, -0.1) is 0 Å². The van der Waals surface area contributed by atoms with Crippen molar-refractivity contribution in [2.75, 3.05) is 17.3 Å². The van der Waals surface area contributed by atoms with E-state index in [1.54, 1.807) is 36.0 Å². The smallest absolute Gasteiger partial charge is 0.253 e. The van der Waals surface area contributed by atoms with Gasteiger partial charge in [0, 0.05) is 6.54 Å². The van der Waals surface area contributed by atoms with Crippen LogP contribution in [0.2, 0.25) is 5.02 Å². The number of carbonyl (C=O) groups excluding carboxylic acids is 2. The van der Waals surface area contributed by atoms with Crippen molar-refractivity contribution in [1.82, 2.24) is 14.9 Å². The van der Waals surface area contributed by atoms with E-state index in [1.807, 2.05) is 35.1 Å². The van der Waals surface area contributed by atoms with Crippen LogP contribution in [-0.2, 0) is 11.3 Å². The van der Waals surface area contributed by atoms with Gasteiger partial charge in [0.2, 0.25) is 11.9 Å². The highest BCUT2D eigenvalue weighted by atomic mass is 35.5. The second-order valence-electron chi connectivity index (χ2n) is 6.85. The summed E-state index contributed by atoms with van der Waals surface area (Å²) in [4.78, 5) is 30.4. The Kier molecular flexibility index (Phi) is 7.76. The zero-order valence-electron chi connectivity index (χ0n) is 17.0. The molecule has 1 aromatic heterocycles. The Morgan fingerprint density at radius 2 is 1.90 bits per heavy atom. The number of rotatable bonds is 9. The Balaban J connectivity index is 1.82. The summed E-state index contributed by atoms with van der Waals surface area (Å²) in [5, 5.41) is 6.10. The summed E-state index contributed by atoms with van der Waals surface area (Å²) >= 11 is 7.75. The monoisotopic (exact) mass is 444 g/mol. The molecule has 0 aliphatic rings. The molecule has 2 aromatic carbocycles. The van der Waals surface area contributed by atoms with Gasteiger partial charge in [0.15, 0.2) is 0 Å². The lowest BCUT2D eigenvalue weighted by atomic mass is 10.1. The highest BCUT2D eigenvalue weighted by Crippen LogP contribution is 2.21. The molecule has 0 spiro atoms. The molecule has 0 saturated carbocycles. The molecule has 0 radical (unpaired) electrons. The highest BCUT2D eigenvalue weighted by molar-refractivity contribution is 7.98. The van der Waals surface area contributed by atoms with E-state index in [4.69, 9.17) is 11.6 Å². The van der Waals surface area contributed by atoms with Crippen LogP contribution >= 0.6 is 23.4 Å². The maximum atomic E-state index is 13.1. The maximum Gasteiger partial charge on any atom is 0.253 e. The molecule has 0 bridgehead atoms. The molecule has 2 amide bonds. The van der Waals surface area contributed by atoms with Gasteiger partial charge in [-0.25, -0.2) is 4.98 Å². The number of hydrogen-bond acceptors (Lipinski definition) is 4. The number of carbonyl (C=O) groups is 2. The number of hydrogen-bond donors (Lipinski definition) is 2. The fourth-order valence-electron chi connectivity index (χ4n) is 3.20. The summed E-state index contributed by atoms with van der Waals surface area (Å²) in [6, 6.07) is 13.9. The first-order valence-corrected chi connectivity index (χ1v) is 11.6. The fraction of sp³-hybridized carbons (Fsp3) is 0.318. The van der Waals surface area contributed by atoms with Gasteiger partial charge in [-0.3, -0.25) is 14.9 Å². The first-order valence-electron chi connectivity index (χ1n) is 9.85. The van der Waals surface area contributed by atoms with Crippen LogP contribution < -0.4 is 10.6 Å². The third kappa shape index (κ3) is 5.15. The number of benzene rings is 2. The number of fused-ring (bicyclic) bond motifs is 1. The van der Waals surface area contributed by atoms with E-state index in [0.29, 0.717) is 23.0 Å². The quantitative estimate of drug-likeness (QED) is 0.506. The lowest BCUT2D eigenvalue weighted by Gasteiger charge is -2.19. The second-order valence-corrected chi connectivity index (χ2v) is 8.25. The topological polar surface area (TPSA) is 76.0 Å². The minimum absolute atomic E-state index is 0.294. The van der Waals surface area contributed by atoms with Crippen LogP contribution in [0.25, 0.3) is 11.0 Å².